The molecule has 98 valence electrons. The topological polar surface area (TPSA) is 47.9 Å². The number of aliphatic imine (C=N–C) groups is 1. The minimum Gasteiger partial charge on any atom is -0.496 e. The van der Waals surface area contributed by atoms with Crippen LogP contribution in [0.1, 0.15) is 12.5 Å². The van der Waals surface area contributed by atoms with Crippen molar-refractivity contribution in [3.05, 3.63) is 47.7 Å². The molecule has 0 atom stereocenters. The van der Waals surface area contributed by atoms with Crippen LogP contribution in [0, 0.1) is 12.1 Å². The minimum atomic E-state index is -0.439. The Morgan fingerprint density at radius 2 is 2.20 bits per heavy atom. The second kappa shape index (κ2) is 4.71. The van der Waals surface area contributed by atoms with Gasteiger partial charge in [-0.3, -0.25) is 0 Å². The van der Waals surface area contributed by atoms with Crippen molar-refractivity contribution in [2.45, 2.75) is 6.92 Å². The third-order valence-electron chi connectivity index (χ3n) is 3.01. The highest BCUT2D eigenvalue weighted by Crippen LogP contribution is 2.29. The molecule has 0 fully saturated rings. The summed E-state index contributed by atoms with van der Waals surface area (Å²) in [6.45, 7) is 1.64. The average molecular weight is 265 g/mol. The lowest BCUT2D eigenvalue weighted by Crippen LogP contribution is -1.99. The van der Waals surface area contributed by atoms with Gasteiger partial charge in [-0.25, -0.2) is 9.79 Å². The molecule has 1 aliphatic heterocycles. The number of hydrogen-bond donors (Lipinski definition) is 0. The Morgan fingerprint density at radius 1 is 1.35 bits per heavy atom. The van der Waals surface area contributed by atoms with Gasteiger partial charge in [-0.05, 0) is 35.9 Å². The Labute approximate surface area is 116 Å². The predicted octanol–water partition coefficient (Wildman–Crippen LogP) is 2.76. The molecule has 0 unspecified atom stereocenters. The van der Waals surface area contributed by atoms with Gasteiger partial charge in [0.1, 0.15) is 5.75 Å². The molecule has 0 N–H and O–H groups in total. The highest BCUT2D eigenvalue weighted by atomic mass is 16.6. The zero-order chi connectivity index (χ0) is 14.1. The molecule has 0 saturated heterocycles. The molecule has 0 aromatic heterocycles. The largest absolute Gasteiger partial charge is 0.496 e. The van der Waals surface area contributed by atoms with E-state index in [-0.39, 0.29) is 5.70 Å². The molecule has 20 heavy (non-hydrogen) atoms. The summed E-state index contributed by atoms with van der Waals surface area (Å²) in [4.78, 5) is 15.7. The number of methoxy groups -OCH3 is 1. The van der Waals surface area contributed by atoms with Gasteiger partial charge < -0.3 is 9.47 Å². The number of hydrogen-bond acceptors (Lipinski definition) is 4. The summed E-state index contributed by atoms with van der Waals surface area (Å²) in [5.41, 5.74) is 1.11. The fraction of sp³-hybridized carbons (Fsp3) is 0.125. The van der Waals surface area contributed by atoms with Crippen LogP contribution in [0.2, 0.25) is 0 Å². The third kappa shape index (κ3) is 1.99. The Kier molecular flexibility index (Phi) is 2.88. The quantitative estimate of drug-likeness (QED) is 0.619. The highest BCUT2D eigenvalue weighted by Gasteiger charge is 2.20. The first-order valence-corrected chi connectivity index (χ1v) is 6.07. The average Bonchev–Trinajstić information content (AvgIpc) is 2.77. The maximum Gasteiger partial charge on any atom is 0.363 e. The van der Waals surface area contributed by atoms with Gasteiger partial charge >= 0.3 is 5.97 Å². The maximum atomic E-state index is 11.6. The Balaban J connectivity index is 2.19. The molecule has 0 radical (unpaired) electrons. The number of ether oxygens (including phenoxy) is 2. The van der Waals surface area contributed by atoms with E-state index in [1.165, 1.54) is 0 Å². The second-order valence-electron chi connectivity index (χ2n) is 4.30. The lowest BCUT2D eigenvalue weighted by molar-refractivity contribution is -0.130. The lowest BCUT2D eigenvalue weighted by atomic mass is 10.0. The summed E-state index contributed by atoms with van der Waals surface area (Å²) in [7, 11) is 1.62. The van der Waals surface area contributed by atoms with E-state index in [0.717, 1.165) is 22.1 Å². The van der Waals surface area contributed by atoms with Crippen molar-refractivity contribution in [1.82, 2.24) is 0 Å². The van der Waals surface area contributed by atoms with Gasteiger partial charge in [0.05, 0.1) is 7.11 Å². The molecular weight excluding hydrogens is 254 g/mol. The standard InChI is InChI=1S/C16H11NO3/c1-10-17-14(16(18)20-10)9-11-7-8-15(19-2)13-6-4-3-5-12(11)13/h4,6-9H,1-2H3/b14-9-. The summed E-state index contributed by atoms with van der Waals surface area (Å²) in [6.07, 6.45) is 1.69. The number of carbonyl (C=O) groups is 1. The lowest BCUT2D eigenvalue weighted by Gasteiger charge is -2.06. The molecule has 0 saturated carbocycles. The van der Waals surface area contributed by atoms with Crippen LogP contribution in [0.4, 0.5) is 0 Å². The van der Waals surface area contributed by atoms with Gasteiger partial charge in [-0.15, -0.1) is 0 Å². The van der Waals surface area contributed by atoms with Crippen molar-refractivity contribution in [2.75, 3.05) is 7.11 Å². The SMILES string of the molecule is COc1ccc(/C=C2\N=C(C)OC2=O)c2c#cccc12. The number of cyclic esters (lactones) is 1. The van der Waals surface area contributed by atoms with Gasteiger partial charge in [-0.2, -0.15) is 0 Å². The maximum absolute atomic E-state index is 11.6. The van der Waals surface area contributed by atoms with Gasteiger partial charge in [0, 0.05) is 17.7 Å². The van der Waals surface area contributed by atoms with Crippen LogP contribution in [0.15, 0.2) is 35.0 Å². The zero-order valence-electron chi connectivity index (χ0n) is 11.1. The molecule has 0 spiro atoms. The van der Waals surface area contributed by atoms with Crippen LogP contribution < -0.4 is 4.74 Å². The summed E-state index contributed by atoms with van der Waals surface area (Å²) in [6, 6.07) is 13.3. The van der Waals surface area contributed by atoms with Crippen molar-refractivity contribution in [1.29, 1.82) is 0 Å². The van der Waals surface area contributed by atoms with E-state index in [4.69, 9.17) is 9.47 Å². The van der Waals surface area contributed by atoms with Crippen molar-refractivity contribution >= 4 is 28.7 Å². The van der Waals surface area contributed by atoms with E-state index < -0.39 is 5.97 Å². The van der Waals surface area contributed by atoms with Crippen LogP contribution in [-0.4, -0.2) is 19.0 Å². The fourth-order valence-corrected chi connectivity index (χ4v) is 2.12. The fourth-order valence-electron chi connectivity index (χ4n) is 2.12. The van der Waals surface area contributed by atoms with Crippen molar-refractivity contribution in [2.24, 2.45) is 4.99 Å². The molecule has 2 aromatic rings. The van der Waals surface area contributed by atoms with Gasteiger partial charge in [-0.1, -0.05) is 12.1 Å². The van der Waals surface area contributed by atoms with E-state index in [9.17, 15) is 4.79 Å². The van der Waals surface area contributed by atoms with Gasteiger partial charge in [0.2, 0.25) is 0 Å². The molecule has 0 amide bonds. The Bertz CT molecular complexity index is 759. The monoisotopic (exact) mass is 265 g/mol. The first-order valence-electron chi connectivity index (χ1n) is 6.07. The Hall–Kier alpha value is -2.80. The second-order valence-corrected chi connectivity index (χ2v) is 4.30. The number of carbonyl (C=O) groups excluding carboxylic acids is 1. The number of rotatable bonds is 2. The minimum absolute atomic E-state index is 0.284. The first-order chi connectivity index (χ1) is 9.69. The van der Waals surface area contributed by atoms with E-state index in [1.807, 2.05) is 18.2 Å². The van der Waals surface area contributed by atoms with E-state index in [2.05, 4.69) is 17.1 Å². The van der Waals surface area contributed by atoms with Crippen LogP contribution in [0.25, 0.3) is 16.8 Å². The van der Waals surface area contributed by atoms with Gasteiger partial charge in [0.25, 0.3) is 0 Å². The van der Waals surface area contributed by atoms with Crippen molar-refractivity contribution < 1.29 is 14.3 Å². The number of benzene rings is 1. The first kappa shape index (κ1) is 12.2. The molecule has 3 rings (SSSR count). The summed E-state index contributed by atoms with van der Waals surface area (Å²) < 4.78 is 10.2. The molecule has 4 nitrogen and oxygen atoms in total. The molecule has 2 aromatic carbocycles. The Morgan fingerprint density at radius 3 is 2.90 bits per heavy atom. The molecule has 1 heterocycles. The summed E-state index contributed by atoms with van der Waals surface area (Å²) in [5, 5.41) is 1.74. The number of esters is 1. The molecule has 0 aliphatic carbocycles. The van der Waals surface area contributed by atoms with Crippen molar-refractivity contribution in [3.63, 3.8) is 0 Å². The normalized spacial score (nSPS) is 16.0. The molecule has 1 aliphatic rings. The van der Waals surface area contributed by atoms with Gasteiger partial charge in [0.15, 0.2) is 11.6 Å². The summed E-state index contributed by atoms with van der Waals surface area (Å²) >= 11 is 0. The van der Waals surface area contributed by atoms with E-state index >= 15 is 0 Å². The predicted molar refractivity (Wildman–Crippen MR) is 75.4 cm³/mol. The van der Waals surface area contributed by atoms with E-state index in [0.29, 0.717) is 5.90 Å². The van der Waals surface area contributed by atoms with Crippen molar-refractivity contribution in [3.8, 4) is 5.75 Å². The third-order valence-corrected chi connectivity index (χ3v) is 3.01. The number of fused-ring (bicyclic) bond motifs is 1. The van der Waals surface area contributed by atoms with Crippen LogP contribution in [0.3, 0.4) is 0 Å². The molecule has 4 heteroatoms. The highest BCUT2D eigenvalue weighted by molar-refractivity contribution is 6.08. The van der Waals surface area contributed by atoms with Crippen LogP contribution >= 0.6 is 0 Å². The smallest absolute Gasteiger partial charge is 0.363 e. The van der Waals surface area contributed by atoms with Crippen LogP contribution in [-0.2, 0) is 9.53 Å². The zero-order valence-corrected chi connectivity index (χ0v) is 11.1. The van der Waals surface area contributed by atoms with E-state index in [1.54, 1.807) is 26.2 Å². The molecular formula is C16H11NO3. The van der Waals surface area contributed by atoms with Crippen LogP contribution in [0.5, 0.6) is 5.75 Å². The number of nitrogens with zero attached hydrogens (tertiary/aromatic N) is 1. The summed E-state index contributed by atoms with van der Waals surface area (Å²) in [5.74, 6) is 0.669. The molecule has 0 bridgehead atoms.